The van der Waals surface area contributed by atoms with Gasteiger partial charge in [0.1, 0.15) is 0 Å². The van der Waals surface area contributed by atoms with Crippen LogP contribution in [0.5, 0.6) is 0 Å². The fraction of sp³-hybridized carbons (Fsp3) is 0.667. The van der Waals surface area contributed by atoms with Gasteiger partial charge >= 0.3 is 0 Å². The molecule has 0 aromatic rings. The van der Waals surface area contributed by atoms with Crippen LogP contribution in [0.1, 0.15) is 0 Å². The Labute approximate surface area is 94.7 Å². The molecule has 0 aromatic carbocycles. The van der Waals surface area contributed by atoms with E-state index in [1.165, 1.54) is 0 Å². The van der Waals surface area contributed by atoms with E-state index < -0.39 is 13.4 Å². The minimum Gasteiger partial charge on any atom is -0.146 e. The van der Waals surface area contributed by atoms with Gasteiger partial charge < -0.3 is 0 Å². The summed E-state index contributed by atoms with van der Waals surface area (Å²) < 4.78 is 0. The zero-order valence-electron chi connectivity index (χ0n) is 6.92. The molecule has 0 nitrogen and oxygen atoms in total. The van der Waals surface area contributed by atoms with Gasteiger partial charge in [-0.15, -0.1) is 50.9 Å². The van der Waals surface area contributed by atoms with Gasteiger partial charge in [-0.3, -0.25) is 0 Å². The standard InChI is InChI=1S/C6H12Cl4Si2/c1-3-4-12(9,10)6-5-11(2,7)8/h3H,1,4-6H2,2H3. The second-order valence-corrected chi connectivity index (χ2v) is 18.7. The summed E-state index contributed by atoms with van der Waals surface area (Å²) in [7, 11) is 0. The van der Waals surface area contributed by atoms with Crippen molar-refractivity contribution in [1.29, 1.82) is 0 Å². The fourth-order valence-electron chi connectivity index (χ4n) is 0.716. The molecule has 0 heterocycles. The monoisotopic (exact) mass is 280 g/mol. The van der Waals surface area contributed by atoms with Crippen molar-refractivity contribution in [3.8, 4) is 0 Å². The summed E-state index contributed by atoms with van der Waals surface area (Å²) in [6.45, 7) is 1.34. The van der Waals surface area contributed by atoms with Crippen LogP contribution in [0, 0.1) is 0 Å². The van der Waals surface area contributed by atoms with Crippen molar-refractivity contribution in [3.63, 3.8) is 0 Å². The maximum atomic E-state index is 6.08. The average Bonchev–Trinajstić information content (AvgIpc) is 1.83. The molecular formula is C6H12Cl4Si2. The Morgan fingerprint density at radius 3 is 2.00 bits per heavy atom. The second-order valence-electron chi connectivity index (χ2n) is 2.92. The zero-order chi connectivity index (χ0) is 9.83. The van der Waals surface area contributed by atoms with E-state index in [0.29, 0.717) is 6.04 Å². The number of halogens is 4. The van der Waals surface area contributed by atoms with E-state index in [1.807, 2.05) is 6.55 Å². The first-order valence-electron chi connectivity index (χ1n) is 3.63. The van der Waals surface area contributed by atoms with E-state index in [4.69, 9.17) is 44.3 Å². The predicted octanol–water partition coefficient (Wildman–Crippen LogP) is 4.64. The first-order valence-corrected chi connectivity index (χ1v) is 12.8. The highest BCUT2D eigenvalue weighted by molar-refractivity contribution is 7.48. The minimum absolute atomic E-state index is 0.703. The SMILES string of the molecule is C=CC[Si](Cl)(Cl)CC[Si](C)(Cl)Cl. The van der Waals surface area contributed by atoms with Gasteiger partial charge in [-0.1, -0.05) is 6.08 Å². The molecule has 0 N–H and O–H groups in total. The largest absolute Gasteiger partial charge is 0.254 e. The van der Waals surface area contributed by atoms with Crippen molar-refractivity contribution < 1.29 is 0 Å². The molecule has 0 aliphatic heterocycles. The van der Waals surface area contributed by atoms with Crippen LogP contribution in [-0.4, -0.2) is 13.4 Å². The summed E-state index contributed by atoms with van der Waals surface area (Å²) in [5.41, 5.74) is 0. The van der Waals surface area contributed by atoms with Gasteiger partial charge in [0.15, 0.2) is 0 Å². The van der Waals surface area contributed by atoms with Gasteiger partial charge in [0.2, 0.25) is 6.69 Å². The number of rotatable bonds is 5. The van der Waals surface area contributed by atoms with Crippen LogP contribution in [0.25, 0.3) is 0 Å². The van der Waals surface area contributed by atoms with Gasteiger partial charge in [0.25, 0.3) is 6.69 Å². The van der Waals surface area contributed by atoms with E-state index in [1.54, 1.807) is 6.08 Å². The van der Waals surface area contributed by atoms with Crippen LogP contribution in [0.2, 0.25) is 24.7 Å². The summed E-state index contributed by atoms with van der Waals surface area (Å²) in [6.07, 6.45) is 1.76. The van der Waals surface area contributed by atoms with Crippen LogP contribution >= 0.6 is 44.3 Å². The molecule has 0 spiro atoms. The zero-order valence-corrected chi connectivity index (χ0v) is 11.9. The first kappa shape index (κ1) is 13.3. The van der Waals surface area contributed by atoms with E-state index in [-0.39, 0.29) is 0 Å². The van der Waals surface area contributed by atoms with Gasteiger partial charge in [0, 0.05) is 0 Å². The Hall–Kier alpha value is 1.33. The Morgan fingerprint density at radius 2 is 1.67 bits per heavy atom. The predicted molar refractivity (Wildman–Crippen MR) is 65.4 cm³/mol. The summed E-state index contributed by atoms with van der Waals surface area (Å²) in [4.78, 5) is 0. The lowest BCUT2D eigenvalue weighted by Crippen LogP contribution is -2.22. The van der Waals surface area contributed by atoms with Crippen molar-refractivity contribution in [3.05, 3.63) is 12.7 Å². The van der Waals surface area contributed by atoms with Gasteiger partial charge in [-0.25, -0.2) is 0 Å². The maximum Gasteiger partial charge on any atom is 0.254 e. The molecule has 0 fully saturated rings. The Morgan fingerprint density at radius 1 is 1.17 bits per heavy atom. The van der Waals surface area contributed by atoms with E-state index >= 15 is 0 Å². The molecule has 0 bridgehead atoms. The second kappa shape index (κ2) is 5.27. The molecule has 0 aliphatic carbocycles. The Kier molecular flexibility index (Phi) is 5.86. The van der Waals surface area contributed by atoms with Crippen LogP contribution in [0.4, 0.5) is 0 Å². The molecule has 0 atom stereocenters. The highest BCUT2D eigenvalue weighted by Crippen LogP contribution is 2.32. The van der Waals surface area contributed by atoms with Gasteiger partial charge in [-0.05, 0) is 24.7 Å². The highest BCUT2D eigenvalue weighted by Gasteiger charge is 2.31. The first-order chi connectivity index (χ1) is 5.27. The van der Waals surface area contributed by atoms with Crippen LogP contribution in [0.3, 0.4) is 0 Å². The summed E-state index contributed by atoms with van der Waals surface area (Å²) >= 11 is 24.0. The molecule has 0 saturated carbocycles. The van der Waals surface area contributed by atoms with E-state index in [9.17, 15) is 0 Å². The highest BCUT2D eigenvalue weighted by atomic mass is 35.7. The van der Waals surface area contributed by atoms with Crippen LogP contribution < -0.4 is 0 Å². The third-order valence-electron chi connectivity index (χ3n) is 1.37. The summed E-state index contributed by atoms with van der Waals surface area (Å²) in [5.74, 6) is 0. The summed E-state index contributed by atoms with van der Waals surface area (Å²) in [6, 6.07) is 2.23. The fourth-order valence-corrected chi connectivity index (χ4v) is 8.62. The molecule has 72 valence electrons. The lowest BCUT2D eigenvalue weighted by Gasteiger charge is -2.17. The van der Waals surface area contributed by atoms with Gasteiger partial charge in [0.05, 0.1) is 0 Å². The molecule has 0 aliphatic rings. The lowest BCUT2D eigenvalue weighted by atomic mass is 10.8. The van der Waals surface area contributed by atoms with E-state index in [0.717, 1.165) is 12.1 Å². The molecule has 0 unspecified atom stereocenters. The maximum absolute atomic E-state index is 6.08. The molecule has 0 amide bonds. The molecular weight excluding hydrogens is 270 g/mol. The Bertz CT molecular complexity index is 152. The van der Waals surface area contributed by atoms with Crippen LogP contribution in [0.15, 0.2) is 12.7 Å². The number of hydrogen-bond acceptors (Lipinski definition) is 0. The third-order valence-corrected chi connectivity index (χ3v) is 8.06. The quantitative estimate of drug-likeness (QED) is 0.391. The van der Waals surface area contributed by atoms with Crippen LogP contribution in [-0.2, 0) is 0 Å². The lowest BCUT2D eigenvalue weighted by molar-refractivity contribution is 1.35. The Balaban J connectivity index is 3.83. The molecule has 0 rings (SSSR count). The van der Waals surface area contributed by atoms with Crippen molar-refractivity contribution in [2.45, 2.75) is 24.7 Å². The molecule has 0 radical (unpaired) electrons. The summed E-state index contributed by atoms with van der Waals surface area (Å²) in [5, 5.41) is 0. The van der Waals surface area contributed by atoms with Crippen molar-refractivity contribution >= 4 is 57.7 Å². The smallest absolute Gasteiger partial charge is 0.146 e. The van der Waals surface area contributed by atoms with Gasteiger partial charge in [-0.2, -0.15) is 0 Å². The number of allylic oxidation sites excluding steroid dienone is 1. The molecule has 0 aromatic heterocycles. The average molecular weight is 282 g/mol. The minimum atomic E-state index is -2.12. The van der Waals surface area contributed by atoms with Crippen molar-refractivity contribution in [1.82, 2.24) is 0 Å². The van der Waals surface area contributed by atoms with Crippen molar-refractivity contribution in [2.24, 2.45) is 0 Å². The molecule has 12 heavy (non-hydrogen) atoms. The normalized spacial score (nSPS) is 13.1. The number of hydrogen-bond donors (Lipinski definition) is 0. The molecule has 6 heteroatoms. The molecule has 0 saturated heterocycles. The van der Waals surface area contributed by atoms with Crippen molar-refractivity contribution in [2.75, 3.05) is 0 Å². The van der Waals surface area contributed by atoms with E-state index in [2.05, 4.69) is 6.58 Å². The third kappa shape index (κ3) is 7.96. The topological polar surface area (TPSA) is 0 Å².